The maximum Gasteiger partial charge on any atom is 0.231 e. The van der Waals surface area contributed by atoms with E-state index < -0.39 is 0 Å². The molecular formula is C10H9NO3. The fraction of sp³-hybridized carbons (Fsp3) is 0.200. The summed E-state index contributed by atoms with van der Waals surface area (Å²) in [4.78, 5) is 10.2. The number of rotatable bonds is 2. The summed E-state index contributed by atoms with van der Waals surface area (Å²) in [5.41, 5.74) is 1.32. The first-order chi connectivity index (χ1) is 6.79. The van der Waals surface area contributed by atoms with E-state index in [0.29, 0.717) is 11.4 Å². The molecular weight excluding hydrogens is 182 g/mol. The van der Waals surface area contributed by atoms with Gasteiger partial charge in [0.15, 0.2) is 11.5 Å². The van der Waals surface area contributed by atoms with Gasteiger partial charge in [-0.3, -0.25) is 0 Å². The highest BCUT2D eigenvalue weighted by Gasteiger charge is 2.12. The molecule has 0 saturated heterocycles. The van der Waals surface area contributed by atoms with Crippen molar-refractivity contribution in [2.24, 2.45) is 5.18 Å². The van der Waals surface area contributed by atoms with Gasteiger partial charge in [0.1, 0.15) is 0 Å². The van der Waals surface area contributed by atoms with Crippen molar-refractivity contribution in [3.05, 3.63) is 34.4 Å². The molecule has 1 aliphatic rings. The highest BCUT2D eigenvalue weighted by atomic mass is 16.7. The second kappa shape index (κ2) is 3.49. The molecule has 0 bridgehead atoms. The first kappa shape index (κ1) is 8.74. The Morgan fingerprint density at radius 2 is 2.21 bits per heavy atom. The quantitative estimate of drug-likeness (QED) is 0.675. The molecule has 1 aromatic rings. The third-order valence-electron chi connectivity index (χ3n) is 1.92. The smallest absolute Gasteiger partial charge is 0.231 e. The van der Waals surface area contributed by atoms with Gasteiger partial charge in [0.2, 0.25) is 6.79 Å². The van der Waals surface area contributed by atoms with E-state index in [1.54, 1.807) is 13.0 Å². The van der Waals surface area contributed by atoms with Crippen LogP contribution in [0, 0.1) is 4.91 Å². The van der Waals surface area contributed by atoms with Gasteiger partial charge in [0.25, 0.3) is 0 Å². The molecule has 4 heteroatoms. The van der Waals surface area contributed by atoms with Crippen LogP contribution < -0.4 is 9.47 Å². The van der Waals surface area contributed by atoms with Crippen molar-refractivity contribution in [2.75, 3.05) is 6.79 Å². The maximum atomic E-state index is 10.2. The lowest BCUT2D eigenvalue weighted by Gasteiger charge is -1.97. The van der Waals surface area contributed by atoms with Crippen molar-refractivity contribution >= 4 is 6.08 Å². The lowest BCUT2D eigenvalue weighted by molar-refractivity contribution is 0.174. The molecule has 0 spiro atoms. The molecule has 14 heavy (non-hydrogen) atoms. The summed E-state index contributed by atoms with van der Waals surface area (Å²) in [7, 11) is 0. The van der Waals surface area contributed by atoms with Gasteiger partial charge >= 0.3 is 0 Å². The Kier molecular flexibility index (Phi) is 2.18. The van der Waals surface area contributed by atoms with Crippen LogP contribution >= 0.6 is 0 Å². The van der Waals surface area contributed by atoms with Gasteiger partial charge in [-0.05, 0) is 35.9 Å². The number of ether oxygens (including phenoxy) is 2. The van der Waals surface area contributed by atoms with Gasteiger partial charge in [-0.1, -0.05) is 6.07 Å². The summed E-state index contributed by atoms with van der Waals surface area (Å²) in [6, 6.07) is 5.48. The van der Waals surface area contributed by atoms with Crippen LogP contribution in [0.1, 0.15) is 12.5 Å². The van der Waals surface area contributed by atoms with Crippen LogP contribution in [-0.4, -0.2) is 6.79 Å². The summed E-state index contributed by atoms with van der Waals surface area (Å²) < 4.78 is 10.4. The van der Waals surface area contributed by atoms with Crippen LogP contribution in [0.5, 0.6) is 11.5 Å². The van der Waals surface area contributed by atoms with E-state index >= 15 is 0 Å². The largest absolute Gasteiger partial charge is 0.454 e. The zero-order chi connectivity index (χ0) is 9.97. The average Bonchev–Trinajstić information content (AvgIpc) is 2.64. The Morgan fingerprint density at radius 1 is 1.43 bits per heavy atom. The fourth-order valence-electron chi connectivity index (χ4n) is 1.27. The highest BCUT2D eigenvalue weighted by molar-refractivity contribution is 5.58. The van der Waals surface area contributed by atoms with Gasteiger partial charge in [0.05, 0.1) is 5.70 Å². The number of nitroso groups, excluding NO2 is 1. The lowest BCUT2D eigenvalue weighted by atomic mass is 10.2. The Morgan fingerprint density at radius 3 is 3.00 bits per heavy atom. The number of fused-ring (bicyclic) bond motifs is 1. The standard InChI is InChI=1S/C10H9NO3/c1-7(11-12)4-8-2-3-9-10(5-8)14-6-13-9/h2-5H,6H2,1H3/b7-4+. The fourth-order valence-corrected chi connectivity index (χ4v) is 1.27. The first-order valence-electron chi connectivity index (χ1n) is 4.21. The zero-order valence-corrected chi connectivity index (χ0v) is 7.69. The topological polar surface area (TPSA) is 47.9 Å². The van der Waals surface area contributed by atoms with Crippen LogP contribution in [0.3, 0.4) is 0 Å². The van der Waals surface area contributed by atoms with Crippen molar-refractivity contribution in [2.45, 2.75) is 6.92 Å². The minimum atomic E-state index is 0.257. The third kappa shape index (κ3) is 1.59. The summed E-state index contributed by atoms with van der Waals surface area (Å²) >= 11 is 0. The molecule has 4 nitrogen and oxygen atoms in total. The van der Waals surface area contributed by atoms with Crippen LogP contribution in [0.2, 0.25) is 0 Å². The SMILES string of the molecule is C/C(=C\c1ccc2c(c1)OCO2)N=O. The van der Waals surface area contributed by atoms with E-state index in [1.165, 1.54) is 0 Å². The van der Waals surface area contributed by atoms with Gasteiger partial charge < -0.3 is 9.47 Å². The third-order valence-corrected chi connectivity index (χ3v) is 1.92. The zero-order valence-electron chi connectivity index (χ0n) is 7.69. The molecule has 2 rings (SSSR count). The molecule has 0 unspecified atom stereocenters. The number of nitrogens with zero attached hydrogens (tertiary/aromatic N) is 1. The molecule has 0 aliphatic carbocycles. The Bertz CT molecular complexity index is 398. The second-order valence-corrected chi connectivity index (χ2v) is 2.99. The van der Waals surface area contributed by atoms with Crippen molar-refractivity contribution in [1.29, 1.82) is 0 Å². The Balaban J connectivity index is 2.33. The molecule has 1 aromatic carbocycles. The van der Waals surface area contributed by atoms with E-state index in [9.17, 15) is 4.91 Å². The molecule has 0 radical (unpaired) electrons. The Hall–Kier alpha value is -1.84. The molecule has 0 atom stereocenters. The predicted molar refractivity (Wildman–Crippen MR) is 52.0 cm³/mol. The predicted octanol–water partition coefficient (Wildman–Crippen LogP) is 2.54. The molecule has 0 amide bonds. The summed E-state index contributed by atoms with van der Waals surface area (Å²) in [5, 5.41) is 2.82. The van der Waals surface area contributed by atoms with Crippen molar-refractivity contribution in [3.8, 4) is 11.5 Å². The van der Waals surface area contributed by atoms with Crippen molar-refractivity contribution < 1.29 is 9.47 Å². The molecule has 0 saturated carbocycles. The average molecular weight is 191 g/mol. The van der Waals surface area contributed by atoms with Gasteiger partial charge in [-0.25, -0.2) is 0 Å². The maximum absolute atomic E-state index is 10.2. The second-order valence-electron chi connectivity index (χ2n) is 2.99. The monoisotopic (exact) mass is 191 g/mol. The lowest BCUT2D eigenvalue weighted by Crippen LogP contribution is -1.92. The number of hydrogen-bond donors (Lipinski definition) is 0. The van der Waals surface area contributed by atoms with Crippen molar-refractivity contribution in [1.82, 2.24) is 0 Å². The molecule has 1 heterocycles. The minimum absolute atomic E-state index is 0.257. The van der Waals surface area contributed by atoms with Crippen LogP contribution in [-0.2, 0) is 0 Å². The van der Waals surface area contributed by atoms with E-state index in [-0.39, 0.29) is 6.79 Å². The molecule has 0 aromatic heterocycles. The van der Waals surface area contributed by atoms with Crippen LogP contribution in [0.4, 0.5) is 0 Å². The summed E-state index contributed by atoms with van der Waals surface area (Å²) in [6.45, 7) is 1.91. The van der Waals surface area contributed by atoms with E-state index in [0.717, 1.165) is 11.3 Å². The van der Waals surface area contributed by atoms with Crippen molar-refractivity contribution in [3.63, 3.8) is 0 Å². The molecule has 0 fully saturated rings. The van der Waals surface area contributed by atoms with E-state index in [1.807, 2.05) is 18.2 Å². The molecule has 72 valence electrons. The van der Waals surface area contributed by atoms with E-state index in [4.69, 9.17) is 9.47 Å². The first-order valence-corrected chi connectivity index (χ1v) is 4.21. The van der Waals surface area contributed by atoms with Gasteiger partial charge in [-0.2, -0.15) is 0 Å². The van der Waals surface area contributed by atoms with E-state index in [2.05, 4.69) is 5.18 Å². The molecule has 1 aliphatic heterocycles. The summed E-state index contributed by atoms with van der Waals surface area (Å²) in [6.07, 6.45) is 1.69. The van der Waals surface area contributed by atoms with Gasteiger partial charge in [-0.15, -0.1) is 4.91 Å². The van der Waals surface area contributed by atoms with Crippen LogP contribution in [0.25, 0.3) is 6.08 Å². The van der Waals surface area contributed by atoms with Gasteiger partial charge in [0, 0.05) is 0 Å². The Labute approximate surface area is 81.1 Å². The number of allylic oxidation sites excluding steroid dienone is 1. The normalized spacial score (nSPS) is 14.2. The molecule has 0 N–H and O–H groups in total. The van der Waals surface area contributed by atoms with Crippen LogP contribution in [0.15, 0.2) is 29.1 Å². The summed E-state index contributed by atoms with van der Waals surface area (Å²) in [5.74, 6) is 1.44. The minimum Gasteiger partial charge on any atom is -0.454 e. The number of benzene rings is 1. The number of hydrogen-bond acceptors (Lipinski definition) is 4. The highest BCUT2D eigenvalue weighted by Crippen LogP contribution is 2.32.